The van der Waals surface area contributed by atoms with Gasteiger partial charge in [0.2, 0.25) is 0 Å². The summed E-state index contributed by atoms with van der Waals surface area (Å²) >= 11 is 0. The Kier molecular flexibility index (Phi) is 4.31. The van der Waals surface area contributed by atoms with E-state index in [1.165, 1.54) is 0 Å². The molecule has 0 aromatic carbocycles. The number of hydrogen-bond acceptors (Lipinski definition) is 3. The van der Waals surface area contributed by atoms with E-state index in [0.29, 0.717) is 6.42 Å². The number of rotatable bonds is 6. The normalized spacial score (nSPS) is 12.9. The van der Waals surface area contributed by atoms with Crippen LogP contribution in [0.4, 0.5) is 17.6 Å². The molecule has 0 bridgehead atoms. The van der Waals surface area contributed by atoms with Gasteiger partial charge in [-0.1, -0.05) is 13.3 Å². The Morgan fingerprint density at radius 2 is 1.86 bits per heavy atom. The lowest BCUT2D eigenvalue weighted by atomic mass is 10.3. The van der Waals surface area contributed by atoms with Gasteiger partial charge >= 0.3 is 12.0 Å². The fourth-order valence-electron chi connectivity index (χ4n) is 0.554. The largest absolute Gasteiger partial charge is 0.544 e. The van der Waals surface area contributed by atoms with Crippen LogP contribution in [0.15, 0.2) is 0 Å². The molecule has 0 aliphatic carbocycles. The van der Waals surface area contributed by atoms with Gasteiger partial charge in [-0.15, -0.1) is 0 Å². The van der Waals surface area contributed by atoms with Crippen LogP contribution in [-0.2, 0) is 9.53 Å². The summed E-state index contributed by atoms with van der Waals surface area (Å²) in [6.07, 6.45) is -4.42. The molecule has 0 atom stereocenters. The average Bonchev–Trinajstić information content (AvgIpc) is 2.04. The minimum absolute atomic E-state index is 0.138. The number of unbranched alkanes of at least 4 members (excludes halogenated alkanes) is 1. The predicted molar refractivity (Wildman–Crippen MR) is 35.8 cm³/mol. The summed E-state index contributed by atoms with van der Waals surface area (Å²) in [6, 6.07) is 0. The second kappa shape index (κ2) is 4.59. The minimum atomic E-state index is -5.30. The monoisotopic (exact) mass is 217 g/mol. The average molecular weight is 217 g/mol. The first-order valence-electron chi connectivity index (χ1n) is 3.86. The summed E-state index contributed by atoms with van der Waals surface area (Å²) in [4.78, 5) is 9.68. The standard InChI is InChI=1S/C7H10F4O3/c1-2-3-4-14-7(10,11)6(8,9)5(12)13/h2-4H2,1H3,(H,12,13)/p-1. The van der Waals surface area contributed by atoms with E-state index in [9.17, 15) is 27.5 Å². The number of hydrogen-bond donors (Lipinski definition) is 0. The lowest BCUT2D eigenvalue weighted by Crippen LogP contribution is -2.55. The number of aliphatic carboxylic acids is 1. The number of ether oxygens (including phenoxy) is 1. The summed E-state index contributed by atoms with van der Waals surface area (Å²) in [6.45, 7) is 1.00. The first-order valence-corrected chi connectivity index (χ1v) is 3.86. The van der Waals surface area contributed by atoms with Crippen molar-refractivity contribution in [2.75, 3.05) is 6.61 Å². The molecule has 0 aliphatic heterocycles. The van der Waals surface area contributed by atoms with Crippen LogP contribution in [-0.4, -0.2) is 24.6 Å². The molecule has 0 rings (SSSR count). The van der Waals surface area contributed by atoms with Crippen molar-refractivity contribution in [3.05, 3.63) is 0 Å². The van der Waals surface area contributed by atoms with Gasteiger partial charge in [-0.25, -0.2) is 0 Å². The van der Waals surface area contributed by atoms with Gasteiger partial charge < -0.3 is 14.6 Å². The van der Waals surface area contributed by atoms with Crippen LogP contribution in [0.5, 0.6) is 0 Å². The van der Waals surface area contributed by atoms with Crippen molar-refractivity contribution in [2.45, 2.75) is 31.8 Å². The molecule has 0 unspecified atom stereocenters. The Morgan fingerprint density at radius 1 is 1.36 bits per heavy atom. The van der Waals surface area contributed by atoms with E-state index >= 15 is 0 Å². The molecule has 0 N–H and O–H groups in total. The van der Waals surface area contributed by atoms with Gasteiger partial charge in [-0.3, -0.25) is 0 Å². The second-order valence-corrected chi connectivity index (χ2v) is 2.58. The van der Waals surface area contributed by atoms with Crippen LogP contribution in [0.2, 0.25) is 0 Å². The highest BCUT2D eigenvalue weighted by Gasteiger charge is 2.59. The molecule has 7 heteroatoms. The molecule has 0 radical (unpaired) electrons. The van der Waals surface area contributed by atoms with Gasteiger partial charge in [-0.2, -0.15) is 17.6 Å². The molecule has 0 saturated heterocycles. The molecule has 0 heterocycles. The third kappa shape index (κ3) is 2.83. The van der Waals surface area contributed by atoms with Crippen molar-refractivity contribution in [3.63, 3.8) is 0 Å². The molecule has 14 heavy (non-hydrogen) atoms. The van der Waals surface area contributed by atoms with E-state index in [0.717, 1.165) is 0 Å². The molecular formula is C7H9F4O3-. The van der Waals surface area contributed by atoms with E-state index in [2.05, 4.69) is 4.74 Å². The first-order chi connectivity index (χ1) is 6.25. The van der Waals surface area contributed by atoms with E-state index in [1.54, 1.807) is 6.92 Å². The first kappa shape index (κ1) is 13.2. The number of carboxylic acids is 1. The van der Waals surface area contributed by atoms with Crippen LogP contribution in [0, 0.1) is 0 Å². The summed E-state index contributed by atoms with van der Waals surface area (Å²) in [7, 11) is 0. The highest BCUT2D eigenvalue weighted by atomic mass is 19.3. The Bertz CT molecular complexity index is 205. The van der Waals surface area contributed by atoms with E-state index in [1.807, 2.05) is 0 Å². The van der Waals surface area contributed by atoms with Gasteiger partial charge in [0.15, 0.2) is 0 Å². The molecule has 0 aliphatic rings. The topological polar surface area (TPSA) is 49.4 Å². The molecule has 0 spiro atoms. The molecule has 0 aromatic rings. The number of carbonyl (C=O) groups excluding carboxylic acids is 1. The predicted octanol–water partition coefficient (Wildman–Crippen LogP) is 0.781. The lowest BCUT2D eigenvalue weighted by molar-refractivity contribution is -0.387. The Hall–Kier alpha value is -0.850. The minimum Gasteiger partial charge on any atom is -0.544 e. The molecule has 3 nitrogen and oxygen atoms in total. The summed E-state index contributed by atoms with van der Waals surface area (Å²) in [5.74, 6) is -8.46. The molecule has 0 aromatic heterocycles. The third-order valence-electron chi connectivity index (χ3n) is 1.40. The SMILES string of the molecule is CCCCOC(F)(F)C(F)(F)C(=O)[O-]. The summed E-state index contributed by atoms with van der Waals surface area (Å²) in [5, 5.41) is 9.68. The molecule has 0 amide bonds. The maximum absolute atomic E-state index is 12.4. The van der Waals surface area contributed by atoms with Crippen molar-refractivity contribution in [1.29, 1.82) is 0 Å². The zero-order valence-corrected chi connectivity index (χ0v) is 7.36. The van der Waals surface area contributed by atoms with Crippen LogP contribution in [0.1, 0.15) is 19.8 Å². The Balaban J connectivity index is 4.36. The summed E-state index contributed by atoms with van der Waals surface area (Å²) < 4.78 is 52.7. The van der Waals surface area contributed by atoms with E-state index < -0.39 is 24.6 Å². The van der Waals surface area contributed by atoms with Crippen LogP contribution in [0.25, 0.3) is 0 Å². The van der Waals surface area contributed by atoms with Gasteiger partial charge in [0, 0.05) is 0 Å². The molecule has 0 saturated carbocycles. The maximum atomic E-state index is 12.4. The Morgan fingerprint density at radius 3 is 2.21 bits per heavy atom. The fraction of sp³-hybridized carbons (Fsp3) is 0.857. The van der Waals surface area contributed by atoms with Crippen molar-refractivity contribution in [1.82, 2.24) is 0 Å². The highest BCUT2D eigenvalue weighted by Crippen LogP contribution is 2.34. The number of carbonyl (C=O) groups is 1. The van der Waals surface area contributed by atoms with Gasteiger partial charge in [0.05, 0.1) is 6.61 Å². The highest BCUT2D eigenvalue weighted by molar-refractivity contribution is 5.74. The summed E-state index contributed by atoms with van der Waals surface area (Å²) in [5.41, 5.74) is 0. The second-order valence-electron chi connectivity index (χ2n) is 2.58. The molecule has 0 fully saturated rings. The third-order valence-corrected chi connectivity index (χ3v) is 1.40. The zero-order chi connectivity index (χ0) is 11.4. The van der Waals surface area contributed by atoms with Crippen molar-refractivity contribution in [3.8, 4) is 0 Å². The number of alkyl halides is 4. The zero-order valence-electron chi connectivity index (χ0n) is 7.36. The smallest absolute Gasteiger partial charge is 0.425 e. The fourth-order valence-corrected chi connectivity index (χ4v) is 0.554. The lowest BCUT2D eigenvalue weighted by Gasteiger charge is -2.26. The molecular weight excluding hydrogens is 208 g/mol. The van der Waals surface area contributed by atoms with Gasteiger partial charge in [0.1, 0.15) is 5.97 Å². The van der Waals surface area contributed by atoms with Gasteiger partial charge in [-0.05, 0) is 6.42 Å². The van der Waals surface area contributed by atoms with Crippen LogP contribution in [0.3, 0.4) is 0 Å². The quantitative estimate of drug-likeness (QED) is 0.488. The van der Waals surface area contributed by atoms with Crippen LogP contribution >= 0.6 is 0 Å². The number of halogens is 4. The van der Waals surface area contributed by atoms with Gasteiger partial charge in [0.25, 0.3) is 0 Å². The van der Waals surface area contributed by atoms with E-state index in [4.69, 9.17) is 0 Å². The van der Waals surface area contributed by atoms with E-state index in [-0.39, 0.29) is 6.42 Å². The molecule has 84 valence electrons. The maximum Gasteiger partial charge on any atom is 0.425 e. The van der Waals surface area contributed by atoms with Crippen molar-refractivity contribution >= 4 is 5.97 Å². The van der Waals surface area contributed by atoms with Crippen molar-refractivity contribution in [2.24, 2.45) is 0 Å². The Labute approximate surface area is 77.7 Å². The number of carboxylic acid groups (broad SMARTS) is 1. The van der Waals surface area contributed by atoms with Crippen molar-refractivity contribution < 1.29 is 32.2 Å². The van der Waals surface area contributed by atoms with Crippen LogP contribution < -0.4 is 5.11 Å².